The molecule has 0 saturated heterocycles. The summed E-state index contributed by atoms with van der Waals surface area (Å²) in [5.41, 5.74) is 4.23. The maximum absolute atomic E-state index is 12.4. The SMILES string of the molecule is CCc1ccccc1NC(=O)CSc1nnc(COc2cc(C)ccc2C)n1CC. The molecule has 6 nitrogen and oxygen atoms in total. The molecule has 2 aromatic carbocycles. The fourth-order valence-electron chi connectivity index (χ4n) is 3.12. The van der Waals surface area contributed by atoms with Crippen LogP contribution in [0.4, 0.5) is 5.69 Å². The smallest absolute Gasteiger partial charge is 0.234 e. The summed E-state index contributed by atoms with van der Waals surface area (Å²) in [7, 11) is 0. The van der Waals surface area contributed by atoms with Crippen molar-refractivity contribution < 1.29 is 9.53 Å². The number of ether oxygens (including phenoxy) is 1. The average Bonchev–Trinajstić information content (AvgIpc) is 3.15. The van der Waals surface area contributed by atoms with Gasteiger partial charge in [0.2, 0.25) is 5.91 Å². The van der Waals surface area contributed by atoms with E-state index in [-0.39, 0.29) is 11.7 Å². The minimum absolute atomic E-state index is 0.0558. The van der Waals surface area contributed by atoms with Gasteiger partial charge in [0.25, 0.3) is 0 Å². The number of thioether (sulfide) groups is 1. The van der Waals surface area contributed by atoms with Gasteiger partial charge in [-0.3, -0.25) is 4.79 Å². The number of benzene rings is 2. The van der Waals surface area contributed by atoms with Gasteiger partial charge in [-0.05, 0) is 56.0 Å². The summed E-state index contributed by atoms with van der Waals surface area (Å²) in [5.74, 6) is 1.81. The highest BCUT2D eigenvalue weighted by atomic mass is 32.2. The summed E-state index contributed by atoms with van der Waals surface area (Å²) >= 11 is 1.38. The van der Waals surface area contributed by atoms with Gasteiger partial charge in [-0.25, -0.2) is 0 Å². The van der Waals surface area contributed by atoms with Gasteiger partial charge in [0.05, 0.1) is 5.75 Å². The van der Waals surface area contributed by atoms with E-state index in [0.29, 0.717) is 13.2 Å². The molecule has 3 aromatic rings. The van der Waals surface area contributed by atoms with Crippen molar-refractivity contribution in [2.45, 2.75) is 52.4 Å². The van der Waals surface area contributed by atoms with Crippen LogP contribution in [-0.2, 0) is 24.4 Å². The Bertz CT molecular complexity index is 1020. The number of hydrogen-bond donors (Lipinski definition) is 1. The maximum Gasteiger partial charge on any atom is 0.234 e. The number of nitrogens with zero attached hydrogens (tertiary/aromatic N) is 3. The minimum Gasteiger partial charge on any atom is -0.485 e. The molecule has 1 N–H and O–H groups in total. The second kappa shape index (κ2) is 10.3. The zero-order chi connectivity index (χ0) is 21.5. The van der Waals surface area contributed by atoms with Crippen molar-refractivity contribution in [1.82, 2.24) is 14.8 Å². The molecule has 0 atom stereocenters. The fourth-order valence-corrected chi connectivity index (χ4v) is 3.94. The lowest BCUT2D eigenvalue weighted by molar-refractivity contribution is -0.113. The van der Waals surface area contributed by atoms with Crippen LogP contribution in [0.1, 0.15) is 36.4 Å². The van der Waals surface area contributed by atoms with Gasteiger partial charge in [-0.1, -0.05) is 49.0 Å². The van der Waals surface area contributed by atoms with Crippen LogP contribution in [0.15, 0.2) is 47.6 Å². The maximum atomic E-state index is 12.4. The van der Waals surface area contributed by atoms with E-state index >= 15 is 0 Å². The van der Waals surface area contributed by atoms with Crippen molar-refractivity contribution in [3.8, 4) is 5.75 Å². The van der Waals surface area contributed by atoms with Crippen LogP contribution in [0.5, 0.6) is 5.75 Å². The summed E-state index contributed by atoms with van der Waals surface area (Å²) in [6.45, 7) is 9.22. The number of carbonyl (C=O) groups excluding carboxylic acids is 1. The Hall–Kier alpha value is -2.80. The van der Waals surface area contributed by atoms with Crippen molar-refractivity contribution in [3.05, 3.63) is 65.0 Å². The molecule has 0 aliphatic carbocycles. The normalized spacial score (nSPS) is 10.8. The van der Waals surface area contributed by atoms with E-state index < -0.39 is 0 Å². The summed E-state index contributed by atoms with van der Waals surface area (Å²) < 4.78 is 7.97. The third kappa shape index (κ3) is 5.42. The molecule has 1 amide bonds. The van der Waals surface area contributed by atoms with Crippen molar-refractivity contribution in [3.63, 3.8) is 0 Å². The van der Waals surface area contributed by atoms with Gasteiger partial charge in [0.15, 0.2) is 11.0 Å². The third-order valence-electron chi connectivity index (χ3n) is 4.81. The molecular formula is C23H28N4O2S. The van der Waals surface area contributed by atoms with Gasteiger partial charge < -0.3 is 14.6 Å². The highest BCUT2D eigenvalue weighted by molar-refractivity contribution is 7.99. The summed E-state index contributed by atoms with van der Waals surface area (Å²) in [6.07, 6.45) is 0.873. The first kappa shape index (κ1) is 21.9. The number of aromatic nitrogens is 3. The number of aryl methyl sites for hydroxylation is 3. The monoisotopic (exact) mass is 424 g/mol. The van der Waals surface area contributed by atoms with E-state index in [2.05, 4.69) is 28.5 Å². The van der Waals surface area contributed by atoms with Crippen molar-refractivity contribution in [1.29, 1.82) is 0 Å². The van der Waals surface area contributed by atoms with Gasteiger partial charge in [0, 0.05) is 12.2 Å². The molecule has 0 bridgehead atoms. The Morgan fingerprint density at radius 1 is 1.13 bits per heavy atom. The molecule has 0 spiro atoms. The Labute approximate surface area is 182 Å². The quantitative estimate of drug-likeness (QED) is 0.500. The predicted octanol–water partition coefficient (Wildman–Crippen LogP) is 4.79. The molecule has 30 heavy (non-hydrogen) atoms. The molecule has 0 radical (unpaired) electrons. The molecule has 1 aromatic heterocycles. The molecule has 0 fully saturated rings. The molecule has 0 aliphatic rings. The number of amides is 1. The van der Waals surface area contributed by atoms with E-state index in [1.54, 1.807) is 0 Å². The van der Waals surface area contributed by atoms with Crippen molar-refractivity contribution >= 4 is 23.4 Å². The molecule has 3 rings (SSSR count). The topological polar surface area (TPSA) is 69.0 Å². The molecule has 0 aliphatic heterocycles. The van der Waals surface area contributed by atoms with Crippen LogP contribution in [0, 0.1) is 13.8 Å². The van der Waals surface area contributed by atoms with Gasteiger partial charge >= 0.3 is 0 Å². The Morgan fingerprint density at radius 2 is 1.93 bits per heavy atom. The number of hydrogen-bond acceptors (Lipinski definition) is 5. The molecule has 0 unspecified atom stereocenters. The van der Waals surface area contributed by atoms with E-state index in [1.807, 2.05) is 61.7 Å². The molecule has 7 heteroatoms. The lowest BCUT2D eigenvalue weighted by atomic mass is 10.1. The second-order valence-electron chi connectivity index (χ2n) is 7.05. The minimum atomic E-state index is -0.0558. The Balaban J connectivity index is 1.61. The fraction of sp³-hybridized carbons (Fsp3) is 0.348. The van der Waals surface area contributed by atoms with Crippen LogP contribution in [0.3, 0.4) is 0 Å². The van der Waals surface area contributed by atoms with Gasteiger partial charge in [-0.15, -0.1) is 10.2 Å². The first-order chi connectivity index (χ1) is 14.5. The highest BCUT2D eigenvalue weighted by Crippen LogP contribution is 2.22. The molecule has 0 saturated carbocycles. The van der Waals surface area contributed by atoms with E-state index in [4.69, 9.17) is 4.74 Å². The summed E-state index contributed by atoms with van der Waals surface area (Å²) in [6, 6.07) is 14.0. The second-order valence-corrected chi connectivity index (χ2v) is 7.99. The summed E-state index contributed by atoms with van der Waals surface area (Å²) in [5, 5.41) is 12.3. The molecule has 158 valence electrons. The lowest BCUT2D eigenvalue weighted by Gasteiger charge is -2.11. The number of rotatable bonds is 9. The van der Waals surface area contributed by atoms with E-state index in [1.165, 1.54) is 11.8 Å². The van der Waals surface area contributed by atoms with Crippen molar-refractivity contribution in [2.24, 2.45) is 0 Å². The van der Waals surface area contributed by atoms with Crippen LogP contribution in [0.2, 0.25) is 0 Å². The zero-order valence-electron chi connectivity index (χ0n) is 17.9. The average molecular weight is 425 g/mol. The number of anilines is 1. The number of carbonyl (C=O) groups is 1. The molecular weight excluding hydrogens is 396 g/mol. The van der Waals surface area contributed by atoms with E-state index in [0.717, 1.165) is 45.5 Å². The van der Waals surface area contributed by atoms with Crippen molar-refractivity contribution in [2.75, 3.05) is 11.1 Å². The zero-order valence-corrected chi connectivity index (χ0v) is 18.8. The Morgan fingerprint density at radius 3 is 2.70 bits per heavy atom. The number of para-hydroxylation sites is 1. The van der Waals surface area contributed by atoms with Crippen LogP contribution in [-0.4, -0.2) is 26.4 Å². The largest absolute Gasteiger partial charge is 0.485 e. The predicted molar refractivity (Wildman–Crippen MR) is 121 cm³/mol. The van der Waals surface area contributed by atoms with E-state index in [9.17, 15) is 4.79 Å². The first-order valence-corrected chi connectivity index (χ1v) is 11.1. The third-order valence-corrected chi connectivity index (χ3v) is 5.78. The molecule has 1 heterocycles. The van der Waals surface area contributed by atoms with Gasteiger partial charge in [0.1, 0.15) is 12.4 Å². The number of nitrogens with one attached hydrogen (secondary N) is 1. The van der Waals surface area contributed by atoms with Crippen LogP contribution in [0.25, 0.3) is 0 Å². The summed E-state index contributed by atoms with van der Waals surface area (Å²) in [4.78, 5) is 12.4. The first-order valence-electron chi connectivity index (χ1n) is 10.1. The highest BCUT2D eigenvalue weighted by Gasteiger charge is 2.15. The lowest BCUT2D eigenvalue weighted by Crippen LogP contribution is -2.16. The Kier molecular flexibility index (Phi) is 7.52. The van der Waals surface area contributed by atoms with Crippen LogP contribution < -0.4 is 10.1 Å². The van der Waals surface area contributed by atoms with Crippen LogP contribution >= 0.6 is 11.8 Å². The van der Waals surface area contributed by atoms with Gasteiger partial charge in [-0.2, -0.15) is 0 Å². The standard InChI is InChI=1S/C23H28N4O2S/c1-5-18-9-7-8-10-19(18)24-22(28)15-30-23-26-25-21(27(23)6-2)14-29-20-13-16(3)11-12-17(20)4/h7-13H,5-6,14-15H2,1-4H3,(H,24,28).